The van der Waals surface area contributed by atoms with E-state index in [1.165, 1.54) is 5.56 Å². The predicted octanol–water partition coefficient (Wildman–Crippen LogP) is 1.49. The Balaban J connectivity index is 2.13. The van der Waals surface area contributed by atoms with E-state index in [1.807, 2.05) is 6.07 Å². The Morgan fingerprint density at radius 1 is 1.38 bits per heavy atom. The molecule has 0 saturated carbocycles. The van der Waals surface area contributed by atoms with Gasteiger partial charge in [0.1, 0.15) is 5.75 Å². The van der Waals surface area contributed by atoms with E-state index in [4.69, 9.17) is 0 Å². The van der Waals surface area contributed by atoms with Gasteiger partial charge in [0.05, 0.1) is 0 Å². The third-order valence-electron chi connectivity index (χ3n) is 3.93. The average molecular weight is 217 g/mol. The van der Waals surface area contributed by atoms with E-state index in [0.717, 1.165) is 31.4 Å². The van der Waals surface area contributed by atoms with Crippen molar-refractivity contribution < 1.29 is 9.90 Å². The standard InChI is InChI=1S/C13H15NO2/c15-11-5-1-4-10-9(11)3-2-6-13(10)7-12(16)14-8-13/h1,4-5,15H,2-3,6-8H2,(H,14,16). The number of benzene rings is 1. The number of amides is 1. The molecule has 0 radical (unpaired) electrons. The molecule has 0 bridgehead atoms. The minimum absolute atomic E-state index is 0.0522. The monoisotopic (exact) mass is 217 g/mol. The van der Waals surface area contributed by atoms with Crippen LogP contribution in [-0.2, 0) is 16.6 Å². The van der Waals surface area contributed by atoms with Gasteiger partial charge in [0.25, 0.3) is 0 Å². The van der Waals surface area contributed by atoms with E-state index >= 15 is 0 Å². The number of fused-ring (bicyclic) bond motifs is 2. The second-order valence-corrected chi connectivity index (χ2v) is 4.89. The first-order valence-electron chi connectivity index (χ1n) is 5.79. The minimum Gasteiger partial charge on any atom is -0.508 e. The summed E-state index contributed by atoms with van der Waals surface area (Å²) in [7, 11) is 0. The fraction of sp³-hybridized carbons (Fsp3) is 0.462. The van der Waals surface area contributed by atoms with Crippen LogP contribution >= 0.6 is 0 Å². The van der Waals surface area contributed by atoms with Crippen molar-refractivity contribution in [2.45, 2.75) is 31.1 Å². The maximum Gasteiger partial charge on any atom is 0.220 e. The smallest absolute Gasteiger partial charge is 0.220 e. The topological polar surface area (TPSA) is 49.3 Å². The molecule has 1 amide bonds. The summed E-state index contributed by atoms with van der Waals surface area (Å²) in [5, 5.41) is 12.8. The predicted molar refractivity (Wildman–Crippen MR) is 60.3 cm³/mol. The molecular weight excluding hydrogens is 202 g/mol. The normalized spacial score (nSPS) is 27.9. The van der Waals surface area contributed by atoms with Crippen LogP contribution < -0.4 is 5.32 Å². The Morgan fingerprint density at radius 3 is 3.00 bits per heavy atom. The lowest BCUT2D eigenvalue weighted by Crippen LogP contribution is -2.33. The van der Waals surface area contributed by atoms with Gasteiger partial charge in [-0.15, -0.1) is 0 Å². The van der Waals surface area contributed by atoms with E-state index in [1.54, 1.807) is 6.07 Å². The summed E-state index contributed by atoms with van der Waals surface area (Å²) in [6.45, 7) is 0.724. The Kier molecular flexibility index (Phi) is 1.96. The molecule has 1 aromatic rings. The second kappa shape index (κ2) is 3.24. The number of carbonyl (C=O) groups excluding carboxylic acids is 1. The summed E-state index contributed by atoms with van der Waals surface area (Å²) in [5.74, 6) is 0.520. The summed E-state index contributed by atoms with van der Waals surface area (Å²) in [5.41, 5.74) is 2.17. The van der Waals surface area contributed by atoms with Gasteiger partial charge in [-0.3, -0.25) is 4.79 Å². The Hall–Kier alpha value is -1.51. The quantitative estimate of drug-likeness (QED) is 0.691. The van der Waals surface area contributed by atoms with Crippen LogP contribution in [0.3, 0.4) is 0 Å². The molecule has 1 aliphatic carbocycles. The van der Waals surface area contributed by atoms with Crippen molar-refractivity contribution in [1.29, 1.82) is 0 Å². The van der Waals surface area contributed by atoms with Gasteiger partial charge in [-0.2, -0.15) is 0 Å². The Morgan fingerprint density at radius 2 is 2.25 bits per heavy atom. The maximum absolute atomic E-state index is 11.4. The number of hydrogen-bond acceptors (Lipinski definition) is 2. The molecule has 1 aliphatic heterocycles. The van der Waals surface area contributed by atoms with E-state index in [-0.39, 0.29) is 11.3 Å². The minimum atomic E-state index is -0.0522. The van der Waals surface area contributed by atoms with Crippen LogP contribution in [0.2, 0.25) is 0 Å². The number of hydrogen-bond donors (Lipinski definition) is 2. The molecule has 0 aromatic heterocycles. The second-order valence-electron chi connectivity index (χ2n) is 4.89. The first-order valence-corrected chi connectivity index (χ1v) is 5.79. The summed E-state index contributed by atoms with van der Waals surface area (Å²) < 4.78 is 0. The average Bonchev–Trinajstić information content (AvgIpc) is 2.63. The van der Waals surface area contributed by atoms with Gasteiger partial charge in [0, 0.05) is 18.4 Å². The summed E-state index contributed by atoms with van der Waals surface area (Å²) in [6.07, 6.45) is 3.60. The highest BCUT2D eigenvalue weighted by molar-refractivity contribution is 5.81. The van der Waals surface area contributed by atoms with Gasteiger partial charge in [-0.1, -0.05) is 12.1 Å². The van der Waals surface area contributed by atoms with Crippen LogP contribution in [0.1, 0.15) is 30.4 Å². The lowest BCUT2D eigenvalue weighted by molar-refractivity contribution is -0.119. The first-order chi connectivity index (χ1) is 7.71. The van der Waals surface area contributed by atoms with E-state index in [0.29, 0.717) is 12.2 Å². The van der Waals surface area contributed by atoms with Crippen molar-refractivity contribution in [3.63, 3.8) is 0 Å². The van der Waals surface area contributed by atoms with Crippen LogP contribution in [0.4, 0.5) is 0 Å². The molecule has 1 heterocycles. The van der Waals surface area contributed by atoms with Crippen LogP contribution in [0.15, 0.2) is 18.2 Å². The highest BCUT2D eigenvalue weighted by Crippen LogP contribution is 2.44. The number of nitrogens with one attached hydrogen (secondary N) is 1. The van der Waals surface area contributed by atoms with Crippen molar-refractivity contribution >= 4 is 5.91 Å². The molecule has 3 heteroatoms. The summed E-state index contributed by atoms with van der Waals surface area (Å²) in [4.78, 5) is 11.4. The summed E-state index contributed by atoms with van der Waals surface area (Å²) in [6, 6.07) is 5.68. The van der Waals surface area contributed by atoms with Crippen LogP contribution in [0.25, 0.3) is 0 Å². The van der Waals surface area contributed by atoms with Gasteiger partial charge < -0.3 is 10.4 Å². The fourth-order valence-corrected chi connectivity index (χ4v) is 3.14. The number of phenolic OH excluding ortho intramolecular Hbond substituents is 1. The van der Waals surface area contributed by atoms with E-state index < -0.39 is 0 Å². The van der Waals surface area contributed by atoms with Crippen molar-refractivity contribution in [1.82, 2.24) is 5.32 Å². The molecule has 3 rings (SSSR count). The van der Waals surface area contributed by atoms with Gasteiger partial charge in [-0.05, 0) is 36.5 Å². The van der Waals surface area contributed by atoms with Gasteiger partial charge in [-0.25, -0.2) is 0 Å². The Bertz CT molecular complexity index is 455. The number of aromatic hydroxyl groups is 1. The number of carbonyl (C=O) groups is 1. The molecular formula is C13H15NO2. The highest BCUT2D eigenvalue weighted by Gasteiger charge is 2.43. The molecule has 2 N–H and O–H groups in total. The zero-order chi connectivity index (χ0) is 11.2. The van der Waals surface area contributed by atoms with Crippen LogP contribution in [-0.4, -0.2) is 17.6 Å². The molecule has 2 aliphatic rings. The molecule has 1 saturated heterocycles. The lowest BCUT2D eigenvalue weighted by atomic mass is 9.69. The number of rotatable bonds is 0. The largest absolute Gasteiger partial charge is 0.508 e. The third kappa shape index (κ3) is 1.24. The van der Waals surface area contributed by atoms with Crippen molar-refractivity contribution in [2.24, 2.45) is 0 Å². The van der Waals surface area contributed by atoms with Crippen LogP contribution in [0, 0.1) is 0 Å². The number of phenols is 1. The molecule has 3 nitrogen and oxygen atoms in total. The summed E-state index contributed by atoms with van der Waals surface area (Å²) >= 11 is 0. The molecule has 1 atom stereocenters. The van der Waals surface area contributed by atoms with E-state index in [2.05, 4.69) is 11.4 Å². The SMILES string of the molecule is O=C1CC2(CCCc3c(O)cccc32)CN1. The van der Waals surface area contributed by atoms with Gasteiger partial charge in [0.15, 0.2) is 0 Å². The molecule has 1 unspecified atom stereocenters. The highest BCUT2D eigenvalue weighted by atomic mass is 16.3. The third-order valence-corrected chi connectivity index (χ3v) is 3.93. The molecule has 84 valence electrons. The molecule has 1 spiro atoms. The van der Waals surface area contributed by atoms with Crippen molar-refractivity contribution in [3.05, 3.63) is 29.3 Å². The zero-order valence-electron chi connectivity index (χ0n) is 9.12. The Labute approximate surface area is 94.5 Å². The molecule has 16 heavy (non-hydrogen) atoms. The van der Waals surface area contributed by atoms with Crippen molar-refractivity contribution in [2.75, 3.05) is 6.54 Å². The molecule has 1 aromatic carbocycles. The molecule has 1 fully saturated rings. The van der Waals surface area contributed by atoms with E-state index in [9.17, 15) is 9.90 Å². The fourth-order valence-electron chi connectivity index (χ4n) is 3.14. The van der Waals surface area contributed by atoms with Gasteiger partial charge in [0.2, 0.25) is 5.91 Å². The van der Waals surface area contributed by atoms with Gasteiger partial charge >= 0.3 is 0 Å². The maximum atomic E-state index is 11.4. The van der Waals surface area contributed by atoms with Crippen molar-refractivity contribution in [3.8, 4) is 5.75 Å². The lowest BCUT2D eigenvalue weighted by Gasteiger charge is -2.34. The first kappa shape index (κ1) is 9.70. The van der Waals surface area contributed by atoms with Crippen LogP contribution in [0.5, 0.6) is 5.75 Å². The zero-order valence-corrected chi connectivity index (χ0v) is 9.12.